The highest BCUT2D eigenvalue weighted by Gasteiger charge is 2.19. The molecule has 1 rings (SSSR count). The Hall–Kier alpha value is -1.22. The van der Waals surface area contributed by atoms with Crippen LogP contribution < -0.4 is 5.32 Å². The molecule has 7 nitrogen and oxygen atoms in total. The molecule has 118 valence electrons. The van der Waals surface area contributed by atoms with Gasteiger partial charge in [-0.05, 0) is 12.1 Å². The molecule has 0 radical (unpaired) electrons. The summed E-state index contributed by atoms with van der Waals surface area (Å²) in [6, 6.07) is 6.47. The van der Waals surface area contributed by atoms with Crippen LogP contribution in [-0.2, 0) is 0 Å². The van der Waals surface area contributed by atoms with E-state index >= 15 is 0 Å². The number of aliphatic hydroxyl groups is 4. The molecule has 0 aliphatic heterocycles. The Morgan fingerprint density at radius 3 is 2.43 bits per heavy atom. The van der Waals surface area contributed by atoms with Gasteiger partial charge in [0.25, 0.3) is 5.91 Å². The van der Waals surface area contributed by atoms with Crippen molar-refractivity contribution in [1.82, 2.24) is 10.2 Å². The van der Waals surface area contributed by atoms with Gasteiger partial charge in [-0.2, -0.15) is 0 Å². The van der Waals surface area contributed by atoms with Crippen LogP contribution in [0.1, 0.15) is 10.4 Å². The number of nitrogens with zero attached hydrogens (tertiary/aromatic N) is 1. The van der Waals surface area contributed by atoms with Crippen LogP contribution in [0.5, 0.6) is 0 Å². The van der Waals surface area contributed by atoms with Gasteiger partial charge in [-0.15, -0.1) is 0 Å². The number of carbonyl (C=O) groups excluding carboxylic acids is 1. The molecule has 0 aromatic heterocycles. The van der Waals surface area contributed by atoms with Crippen molar-refractivity contribution in [2.24, 2.45) is 0 Å². The number of halogens is 1. The van der Waals surface area contributed by atoms with Crippen LogP contribution in [0.3, 0.4) is 0 Å². The summed E-state index contributed by atoms with van der Waals surface area (Å²) < 4.78 is 0. The average Bonchev–Trinajstić information content (AvgIpc) is 2.41. The van der Waals surface area contributed by atoms with Crippen LogP contribution in [0.15, 0.2) is 24.3 Å². The summed E-state index contributed by atoms with van der Waals surface area (Å²) in [5.74, 6) is -0.431. The normalized spacial score (nSPS) is 11.2. The molecule has 0 aliphatic carbocycles. The van der Waals surface area contributed by atoms with Crippen LogP contribution >= 0.6 is 11.6 Å². The zero-order valence-corrected chi connectivity index (χ0v) is 12.1. The number of rotatable bonds is 8. The van der Waals surface area contributed by atoms with Crippen LogP contribution in [-0.4, -0.2) is 70.0 Å². The SMILES string of the molecule is O=C(c1ccccc1Cl)N(CCNCC(O)O)CC(O)O. The van der Waals surface area contributed by atoms with Gasteiger partial charge in [-0.3, -0.25) is 4.79 Å². The molecule has 8 heteroatoms. The Balaban J connectivity index is 2.68. The van der Waals surface area contributed by atoms with Gasteiger partial charge in [-0.25, -0.2) is 0 Å². The van der Waals surface area contributed by atoms with Gasteiger partial charge < -0.3 is 30.6 Å². The van der Waals surface area contributed by atoms with E-state index in [-0.39, 0.29) is 36.8 Å². The largest absolute Gasteiger partial charge is 0.367 e. The maximum absolute atomic E-state index is 12.3. The standard InChI is InChI=1S/C13H19ClN2O5/c14-10-4-2-1-3-9(10)13(21)16(8-12(19)20)6-5-15-7-11(17)18/h1-4,11-12,15,17-20H,5-8H2. The zero-order valence-electron chi connectivity index (χ0n) is 11.3. The van der Waals surface area contributed by atoms with Gasteiger partial charge in [-0.1, -0.05) is 23.7 Å². The quantitative estimate of drug-likeness (QED) is 0.310. The van der Waals surface area contributed by atoms with Gasteiger partial charge >= 0.3 is 0 Å². The Kier molecular flexibility index (Phi) is 7.58. The van der Waals surface area contributed by atoms with Crippen molar-refractivity contribution < 1.29 is 25.2 Å². The summed E-state index contributed by atoms with van der Waals surface area (Å²) in [6.45, 7) is 0.109. The van der Waals surface area contributed by atoms with Crippen molar-refractivity contribution in [2.75, 3.05) is 26.2 Å². The number of carbonyl (C=O) groups is 1. The minimum absolute atomic E-state index is 0.0458. The molecule has 0 aliphatic rings. The zero-order chi connectivity index (χ0) is 15.8. The lowest BCUT2D eigenvalue weighted by molar-refractivity contribution is -0.0573. The predicted octanol–water partition coefficient (Wildman–Crippen LogP) is -1.01. The highest BCUT2D eigenvalue weighted by atomic mass is 35.5. The third-order valence-corrected chi connectivity index (χ3v) is 2.99. The molecular formula is C13H19ClN2O5. The topological polar surface area (TPSA) is 113 Å². The van der Waals surface area contributed by atoms with Crippen molar-refractivity contribution in [3.63, 3.8) is 0 Å². The first-order chi connectivity index (χ1) is 9.91. The van der Waals surface area contributed by atoms with Gasteiger partial charge in [0.1, 0.15) is 0 Å². The summed E-state index contributed by atoms with van der Waals surface area (Å²) >= 11 is 5.95. The molecule has 0 atom stereocenters. The van der Waals surface area contributed by atoms with Crippen molar-refractivity contribution in [3.8, 4) is 0 Å². The molecule has 0 bridgehead atoms. The van der Waals surface area contributed by atoms with Crippen molar-refractivity contribution >= 4 is 17.5 Å². The van der Waals surface area contributed by atoms with Crippen molar-refractivity contribution in [3.05, 3.63) is 34.9 Å². The van der Waals surface area contributed by atoms with Gasteiger partial charge in [0, 0.05) is 19.6 Å². The van der Waals surface area contributed by atoms with Crippen LogP contribution in [0.2, 0.25) is 5.02 Å². The molecule has 21 heavy (non-hydrogen) atoms. The van der Waals surface area contributed by atoms with Gasteiger partial charge in [0.2, 0.25) is 0 Å². The van der Waals surface area contributed by atoms with E-state index in [1.165, 1.54) is 4.90 Å². The smallest absolute Gasteiger partial charge is 0.255 e. The van der Waals surface area contributed by atoms with Crippen molar-refractivity contribution in [1.29, 1.82) is 0 Å². The van der Waals surface area contributed by atoms with E-state index < -0.39 is 18.5 Å². The molecule has 0 fully saturated rings. The van der Waals surface area contributed by atoms with Gasteiger partial charge in [0.05, 0.1) is 17.1 Å². The lowest BCUT2D eigenvalue weighted by Gasteiger charge is -2.24. The fraction of sp³-hybridized carbons (Fsp3) is 0.462. The first-order valence-corrected chi connectivity index (χ1v) is 6.76. The van der Waals surface area contributed by atoms with Gasteiger partial charge in [0.15, 0.2) is 12.6 Å². The summed E-state index contributed by atoms with van der Waals surface area (Å²) in [6.07, 6.45) is -3.15. The lowest BCUT2D eigenvalue weighted by Crippen LogP contribution is -2.42. The number of amides is 1. The second-order valence-electron chi connectivity index (χ2n) is 4.40. The number of hydrogen-bond acceptors (Lipinski definition) is 6. The summed E-state index contributed by atoms with van der Waals surface area (Å²) in [4.78, 5) is 13.5. The Labute approximate surface area is 127 Å². The molecule has 0 saturated carbocycles. The Bertz CT molecular complexity index is 456. The minimum atomic E-state index is -1.67. The second-order valence-corrected chi connectivity index (χ2v) is 4.80. The first kappa shape index (κ1) is 17.8. The molecule has 0 saturated heterocycles. The molecule has 0 spiro atoms. The third-order valence-electron chi connectivity index (χ3n) is 2.66. The van der Waals surface area contributed by atoms with E-state index in [2.05, 4.69) is 5.32 Å². The fourth-order valence-electron chi connectivity index (χ4n) is 1.72. The lowest BCUT2D eigenvalue weighted by atomic mass is 10.2. The number of benzene rings is 1. The predicted molar refractivity (Wildman–Crippen MR) is 76.7 cm³/mol. The third kappa shape index (κ3) is 6.38. The summed E-state index contributed by atoms with van der Waals surface area (Å²) in [7, 11) is 0. The molecular weight excluding hydrogens is 300 g/mol. The number of nitrogens with one attached hydrogen (secondary N) is 1. The highest BCUT2D eigenvalue weighted by Crippen LogP contribution is 2.17. The van der Waals surface area contributed by atoms with Crippen LogP contribution in [0.25, 0.3) is 0 Å². The maximum Gasteiger partial charge on any atom is 0.255 e. The fourth-order valence-corrected chi connectivity index (χ4v) is 1.94. The van der Waals surface area contributed by atoms with E-state index in [4.69, 9.17) is 32.0 Å². The van der Waals surface area contributed by atoms with E-state index in [1.54, 1.807) is 24.3 Å². The highest BCUT2D eigenvalue weighted by molar-refractivity contribution is 6.33. The molecule has 1 aromatic carbocycles. The first-order valence-electron chi connectivity index (χ1n) is 6.38. The molecule has 1 amide bonds. The summed E-state index contributed by atoms with van der Waals surface area (Å²) in [5.41, 5.74) is 0.266. The molecule has 5 N–H and O–H groups in total. The number of aliphatic hydroxyl groups excluding tert-OH is 2. The maximum atomic E-state index is 12.3. The van der Waals surface area contributed by atoms with E-state index in [0.29, 0.717) is 0 Å². The van der Waals surface area contributed by atoms with Crippen LogP contribution in [0, 0.1) is 0 Å². The molecule has 1 aromatic rings. The van der Waals surface area contributed by atoms with Crippen LogP contribution in [0.4, 0.5) is 0 Å². The Morgan fingerprint density at radius 1 is 1.19 bits per heavy atom. The second kappa shape index (κ2) is 8.93. The van der Waals surface area contributed by atoms with E-state index in [0.717, 1.165) is 0 Å². The van der Waals surface area contributed by atoms with E-state index in [9.17, 15) is 4.79 Å². The number of hydrogen-bond donors (Lipinski definition) is 5. The Morgan fingerprint density at radius 2 is 1.86 bits per heavy atom. The molecule has 0 unspecified atom stereocenters. The van der Waals surface area contributed by atoms with Crippen molar-refractivity contribution in [2.45, 2.75) is 12.6 Å². The minimum Gasteiger partial charge on any atom is -0.367 e. The molecule has 0 heterocycles. The van der Waals surface area contributed by atoms with E-state index in [1.807, 2.05) is 0 Å². The average molecular weight is 319 g/mol. The monoisotopic (exact) mass is 318 g/mol. The summed E-state index contributed by atoms with van der Waals surface area (Å²) in [5, 5.41) is 38.5.